The maximum atomic E-state index is 13.0. The number of rotatable bonds is 6. The van der Waals surface area contributed by atoms with Gasteiger partial charge in [-0.1, -0.05) is 32.4 Å². The lowest BCUT2D eigenvalue weighted by atomic mass is 9.95. The van der Waals surface area contributed by atoms with Gasteiger partial charge in [0.1, 0.15) is 11.8 Å². The number of nitrogens with zero attached hydrogens (tertiary/aromatic N) is 2. The highest BCUT2D eigenvalue weighted by Crippen LogP contribution is 2.24. The van der Waals surface area contributed by atoms with E-state index >= 15 is 0 Å². The van der Waals surface area contributed by atoms with Crippen LogP contribution in [0, 0.1) is 5.92 Å². The van der Waals surface area contributed by atoms with Gasteiger partial charge in [0, 0.05) is 20.1 Å². The quantitative estimate of drug-likeness (QED) is 0.805. The Kier molecular flexibility index (Phi) is 6.23. The molecule has 1 aromatic rings. The van der Waals surface area contributed by atoms with E-state index in [0.29, 0.717) is 11.3 Å². The first-order valence-corrected chi connectivity index (χ1v) is 8.70. The van der Waals surface area contributed by atoms with E-state index in [1.807, 2.05) is 24.0 Å². The van der Waals surface area contributed by atoms with Crippen LogP contribution in [-0.2, 0) is 4.79 Å². The minimum atomic E-state index is -0.439. The average molecular weight is 332 g/mol. The Labute approximate surface area is 144 Å². The van der Waals surface area contributed by atoms with Crippen molar-refractivity contribution in [1.82, 2.24) is 9.80 Å². The van der Waals surface area contributed by atoms with Crippen LogP contribution < -0.4 is 4.74 Å². The number of carbonyl (C=O) groups is 2. The molecule has 0 N–H and O–H groups in total. The maximum absolute atomic E-state index is 13.0. The molecule has 1 saturated heterocycles. The Bertz CT molecular complexity index is 582. The van der Waals surface area contributed by atoms with Crippen molar-refractivity contribution in [3.05, 3.63) is 29.8 Å². The number of likely N-dealkylation sites (N-methyl/N-ethyl adjacent to an activating group) is 1. The second-order valence-electron chi connectivity index (χ2n) is 6.48. The van der Waals surface area contributed by atoms with E-state index in [1.54, 1.807) is 31.2 Å². The first kappa shape index (κ1) is 18.3. The van der Waals surface area contributed by atoms with E-state index in [0.717, 1.165) is 32.4 Å². The van der Waals surface area contributed by atoms with E-state index in [2.05, 4.69) is 6.92 Å². The number of ether oxygens (including phenoxy) is 1. The first-order chi connectivity index (χ1) is 11.5. The smallest absolute Gasteiger partial charge is 0.258 e. The summed E-state index contributed by atoms with van der Waals surface area (Å²) in [4.78, 5) is 29.4. The summed E-state index contributed by atoms with van der Waals surface area (Å²) in [7, 11) is 3.27. The van der Waals surface area contributed by atoms with Gasteiger partial charge in [-0.15, -0.1) is 0 Å². The molecule has 0 aliphatic carbocycles. The number of carbonyl (C=O) groups excluding carboxylic acids is 2. The zero-order chi connectivity index (χ0) is 17.7. The predicted octanol–water partition coefficient (Wildman–Crippen LogP) is 2.80. The number of benzene rings is 1. The third kappa shape index (κ3) is 3.71. The number of hydrogen-bond donors (Lipinski definition) is 0. The molecule has 1 heterocycles. The fourth-order valence-corrected chi connectivity index (χ4v) is 3.28. The summed E-state index contributed by atoms with van der Waals surface area (Å²) >= 11 is 0. The molecular formula is C19H28N2O3. The minimum absolute atomic E-state index is 0.0626. The van der Waals surface area contributed by atoms with Gasteiger partial charge >= 0.3 is 0 Å². The third-order valence-electron chi connectivity index (χ3n) is 4.93. The summed E-state index contributed by atoms with van der Waals surface area (Å²) in [6.45, 7) is 5.67. The van der Waals surface area contributed by atoms with E-state index in [9.17, 15) is 9.59 Å². The van der Waals surface area contributed by atoms with E-state index in [1.165, 1.54) is 0 Å². The summed E-state index contributed by atoms with van der Waals surface area (Å²) in [5, 5.41) is 0. The van der Waals surface area contributed by atoms with Gasteiger partial charge < -0.3 is 14.5 Å². The van der Waals surface area contributed by atoms with Gasteiger partial charge in [0.2, 0.25) is 5.91 Å². The van der Waals surface area contributed by atoms with Gasteiger partial charge in [0.25, 0.3) is 5.91 Å². The Morgan fingerprint density at radius 2 is 1.88 bits per heavy atom. The fourth-order valence-electron chi connectivity index (χ4n) is 3.28. The van der Waals surface area contributed by atoms with Crippen LogP contribution in [0.4, 0.5) is 0 Å². The molecule has 24 heavy (non-hydrogen) atoms. The summed E-state index contributed by atoms with van der Waals surface area (Å²) in [6.07, 6.45) is 2.93. The van der Waals surface area contributed by atoms with Crippen LogP contribution >= 0.6 is 0 Å². The highest BCUT2D eigenvalue weighted by Gasteiger charge is 2.36. The van der Waals surface area contributed by atoms with Crippen LogP contribution in [0.25, 0.3) is 0 Å². The highest BCUT2D eigenvalue weighted by molar-refractivity contribution is 5.99. The lowest BCUT2D eigenvalue weighted by Gasteiger charge is -2.34. The van der Waals surface area contributed by atoms with Crippen LogP contribution in [0.1, 0.15) is 43.5 Å². The second kappa shape index (κ2) is 8.18. The molecule has 1 aliphatic heterocycles. The number of methoxy groups -OCH3 is 1. The molecule has 132 valence electrons. The van der Waals surface area contributed by atoms with E-state index in [-0.39, 0.29) is 17.7 Å². The highest BCUT2D eigenvalue weighted by atomic mass is 16.5. The molecule has 0 bridgehead atoms. The standard InChI is InChI=1S/C19H28N2O3/c1-5-14(2)17(19(23)21-12-8-9-13-21)20(3)18(22)15-10-6-7-11-16(15)24-4/h6-7,10-11,14,17H,5,8-9,12-13H2,1-4H3/t14?,17-/m0/s1. The predicted molar refractivity (Wildman–Crippen MR) is 94.1 cm³/mol. The fraction of sp³-hybridized carbons (Fsp3) is 0.579. The van der Waals surface area contributed by atoms with E-state index in [4.69, 9.17) is 4.74 Å². The summed E-state index contributed by atoms with van der Waals surface area (Å²) in [5.41, 5.74) is 0.491. The molecule has 1 unspecified atom stereocenters. The van der Waals surface area contributed by atoms with Gasteiger partial charge in [-0.25, -0.2) is 0 Å². The van der Waals surface area contributed by atoms with Crippen molar-refractivity contribution < 1.29 is 14.3 Å². The van der Waals surface area contributed by atoms with E-state index < -0.39 is 6.04 Å². The normalized spacial score (nSPS) is 16.6. The first-order valence-electron chi connectivity index (χ1n) is 8.70. The van der Waals surface area contributed by atoms with Gasteiger partial charge in [-0.2, -0.15) is 0 Å². The van der Waals surface area contributed by atoms with Crippen molar-refractivity contribution in [2.24, 2.45) is 5.92 Å². The number of hydrogen-bond acceptors (Lipinski definition) is 3. The third-order valence-corrected chi connectivity index (χ3v) is 4.93. The van der Waals surface area contributed by atoms with Crippen LogP contribution in [-0.4, -0.2) is 54.9 Å². The van der Waals surface area contributed by atoms with Gasteiger partial charge in [0.05, 0.1) is 12.7 Å². The van der Waals surface area contributed by atoms with Crippen LogP contribution in [0.2, 0.25) is 0 Å². The molecule has 0 spiro atoms. The van der Waals surface area contributed by atoms with Crippen LogP contribution in [0.3, 0.4) is 0 Å². The number of para-hydroxylation sites is 1. The van der Waals surface area contributed by atoms with Crippen molar-refractivity contribution >= 4 is 11.8 Å². The summed E-state index contributed by atoms with van der Waals surface area (Å²) in [6, 6.07) is 6.71. The zero-order valence-corrected chi connectivity index (χ0v) is 15.1. The monoisotopic (exact) mass is 332 g/mol. The lowest BCUT2D eigenvalue weighted by molar-refractivity contribution is -0.136. The topological polar surface area (TPSA) is 49.9 Å². The Morgan fingerprint density at radius 1 is 1.25 bits per heavy atom. The molecule has 2 rings (SSSR count). The molecule has 0 radical (unpaired) electrons. The summed E-state index contributed by atoms with van der Waals surface area (Å²) < 4.78 is 5.30. The lowest BCUT2D eigenvalue weighted by Crippen LogP contribution is -2.51. The second-order valence-corrected chi connectivity index (χ2v) is 6.48. The van der Waals surface area contributed by atoms with Gasteiger partial charge in [-0.3, -0.25) is 9.59 Å². The molecule has 1 fully saturated rings. The van der Waals surface area contributed by atoms with Crippen LogP contribution in [0.5, 0.6) is 5.75 Å². The number of amides is 2. The molecule has 2 amide bonds. The van der Waals surface area contributed by atoms with Crippen LogP contribution in [0.15, 0.2) is 24.3 Å². The summed E-state index contributed by atoms with van der Waals surface area (Å²) in [5.74, 6) is 0.519. The molecule has 0 saturated carbocycles. The van der Waals surface area contributed by atoms with Crippen molar-refractivity contribution in [3.63, 3.8) is 0 Å². The average Bonchev–Trinajstić information content (AvgIpc) is 3.15. The van der Waals surface area contributed by atoms with Gasteiger partial charge in [0.15, 0.2) is 0 Å². The van der Waals surface area contributed by atoms with Crippen molar-refractivity contribution in [3.8, 4) is 5.75 Å². The maximum Gasteiger partial charge on any atom is 0.258 e. The molecular weight excluding hydrogens is 304 g/mol. The Hall–Kier alpha value is -2.04. The molecule has 2 atom stereocenters. The molecule has 0 aromatic heterocycles. The molecule has 1 aliphatic rings. The molecule has 5 heteroatoms. The number of likely N-dealkylation sites (tertiary alicyclic amines) is 1. The van der Waals surface area contributed by atoms with Crippen molar-refractivity contribution in [2.45, 2.75) is 39.2 Å². The minimum Gasteiger partial charge on any atom is -0.496 e. The SMILES string of the molecule is CCC(C)[C@@H](C(=O)N1CCCC1)N(C)C(=O)c1ccccc1OC. The van der Waals surface area contributed by atoms with Gasteiger partial charge in [-0.05, 0) is 30.9 Å². The van der Waals surface area contributed by atoms with Crippen molar-refractivity contribution in [2.75, 3.05) is 27.2 Å². The Balaban J connectivity index is 2.28. The Morgan fingerprint density at radius 3 is 2.46 bits per heavy atom. The molecule has 1 aromatic carbocycles. The molecule has 5 nitrogen and oxygen atoms in total. The zero-order valence-electron chi connectivity index (χ0n) is 15.1. The largest absolute Gasteiger partial charge is 0.496 e. The van der Waals surface area contributed by atoms with Crippen molar-refractivity contribution in [1.29, 1.82) is 0 Å².